The highest BCUT2D eigenvalue weighted by Gasteiger charge is 2.35. The number of hydrogen-bond acceptors (Lipinski definition) is 5. The van der Waals surface area contributed by atoms with Gasteiger partial charge in [0.1, 0.15) is 0 Å². The summed E-state index contributed by atoms with van der Waals surface area (Å²) in [6.07, 6.45) is -0.670. The van der Waals surface area contributed by atoms with Gasteiger partial charge in [-0.25, -0.2) is 0 Å². The number of nitriles is 1. The maximum absolute atomic E-state index is 13.3. The monoisotopic (exact) mass is 485 g/mol. The van der Waals surface area contributed by atoms with Gasteiger partial charge in [0.15, 0.2) is 6.29 Å². The van der Waals surface area contributed by atoms with Crippen LogP contribution in [0.4, 0.5) is 24.5 Å². The van der Waals surface area contributed by atoms with Crippen molar-refractivity contribution in [1.29, 1.82) is 5.26 Å². The zero-order valence-corrected chi connectivity index (χ0v) is 19.6. The Kier molecular flexibility index (Phi) is 6.90. The van der Waals surface area contributed by atoms with E-state index in [-0.39, 0.29) is 11.9 Å². The second kappa shape index (κ2) is 10.1. The minimum absolute atomic E-state index is 0.0327. The van der Waals surface area contributed by atoms with Gasteiger partial charge in [0, 0.05) is 43.5 Å². The van der Waals surface area contributed by atoms with E-state index >= 15 is 0 Å². The van der Waals surface area contributed by atoms with E-state index in [4.69, 9.17) is 14.7 Å². The van der Waals surface area contributed by atoms with Crippen molar-refractivity contribution in [1.82, 2.24) is 0 Å². The first-order chi connectivity index (χ1) is 16.9. The molecule has 0 aromatic heterocycles. The zero-order chi connectivity index (χ0) is 24.4. The molecule has 3 aliphatic heterocycles. The van der Waals surface area contributed by atoms with E-state index < -0.39 is 11.7 Å². The van der Waals surface area contributed by atoms with Crippen LogP contribution in [0.1, 0.15) is 48.3 Å². The molecule has 186 valence electrons. The molecule has 3 fully saturated rings. The van der Waals surface area contributed by atoms with E-state index in [1.54, 1.807) is 12.1 Å². The summed E-state index contributed by atoms with van der Waals surface area (Å²) < 4.78 is 51.4. The molecule has 3 heterocycles. The standard InChI is InChI=1S/C27H30F3N3O2/c28-27(29,30)25-17-24(6-3-22(25)18-31)33-11-7-20(8-12-33)19-1-4-23(5-2-19)32-13-9-21(10-14-32)26-34-15-16-35-26/h1-6,17,20-21,26H,7-16H2. The van der Waals surface area contributed by atoms with Crippen LogP contribution in [-0.2, 0) is 15.7 Å². The molecule has 5 nitrogen and oxygen atoms in total. The molecule has 8 heteroatoms. The molecule has 35 heavy (non-hydrogen) atoms. The van der Waals surface area contributed by atoms with Crippen LogP contribution in [0.2, 0.25) is 0 Å². The fourth-order valence-corrected chi connectivity index (χ4v) is 5.57. The van der Waals surface area contributed by atoms with Crippen molar-refractivity contribution in [3.05, 3.63) is 59.2 Å². The second-order valence-corrected chi connectivity index (χ2v) is 9.63. The van der Waals surface area contributed by atoms with Crippen molar-refractivity contribution in [3.63, 3.8) is 0 Å². The maximum Gasteiger partial charge on any atom is 0.417 e. The Morgan fingerprint density at radius 1 is 0.800 bits per heavy atom. The fraction of sp³-hybridized carbons (Fsp3) is 0.519. The molecule has 0 amide bonds. The molecule has 0 aliphatic carbocycles. The normalized spacial score (nSPS) is 20.9. The van der Waals surface area contributed by atoms with Crippen molar-refractivity contribution in [2.75, 3.05) is 49.2 Å². The Bertz CT molecular complexity index is 1040. The van der Waals surface area contributed by atoms with E-state index in [1.807, 2.05) is 4.90 Å². The van der Waals surface area contributed by atoms with Crippen LogP contribution in [-0.4, -0.2) is 45.7 Å². The molecule has 2 aromatic rings. The molecule has 3 aliphatic rings. The van der Waals surface area contributed by atoms with Gasteiger partial charge in [0.05, 0.1) is 30.4 Å². The van der Waals surface area contributed by atoms with Gasteiger partial charge >= 0.3 is 6.18 Å². The average Bonchev–Trinajstić information content (AvgIpc) is 3.43. The first-order valence-electron chi connectivity index (χ1n) is 12.4. The van der Waals surface area contributed by atoms with Crippen molar-refractivity contribution in [2.45, 2.75) is 44.1 Å². The third kappa shape index (κ3) is 5.26. The number of rotatable bonds is 4. The molecule has 5 rings (SSSR count). The lowest BCUT2D eigenvalue weighted by molar-refractivity contribution is -0.137. The summed E-state index contributed by atoms with van der Waals surface area (Å²) in [4.78, 5) is 4.41. The van der Waals surface area contributed by atoms with Gasteiger partial charge in [0.2, 0.25) is 0 Å². The molecular formula is C27H30F3N3O2. The summed E-state index contributed by atoms with van der Waals surface area (Å²) in [6, 6.07) is 14.5. The molecular weight excluding hydrogens is 455 g/mol. The molecule has 3 saturated heterocycles. The summed E-state index contributed by atoms with van der Waals surface area (Å²) in [5, 5.41) is 9.03. The summed E-state index contributed by atoms with van der Waals surface area (Å²) in [5.41, 5.74) is 1.85. The molecule has 0 radical (unpaired) electrons. The van der Waals surface area contributed by atoms with E-state index in [0.29, 0.717) is 43.8 Å². The van der Waals surface area contributed by atoms with Gasteiger partial charge in [-0.1, -0.05) is 12.1 Å². The van der Waals surface area contributed by atoms with E-state index in [2.05, 4.69) is 29.2 Å². The minimum Gasteiger partial charge on any atom is -0.372 e. The van der Waals surface area contributed by atoms with Crippen LogP contribution in [0.15, 0.2) is 42.5 Å². The summed E-state index contributed by atoms with van der Waals surface area (Å²) >= 11 is 0. The van der Waals surface area contributed by atoms with Crippen LogP contribution in [0.3, 0.4) is 0 Å². The van der Waals surface area contributed by atoms with Gasteiger partial charge in [-0.3, -0.25) is 0 Å². The van der Waals surface area contributed by atoms with E-state index in [9.17, 15) is 13.2 Å². The Balaban J connectivity index is 1.16. The third-order valence-electron chi connectivity index (χ3n) is 7.59. The number of nitrogens with zero attached hydrogens (tertiary/aromatic N) is 3. The van der Waals surface area contributed by atoms with Crippen LogP contribution in [0.5, 0.6) is 0 Å². The first-order valence-corrected chi connectivity index (χ1v) is 12.4. The van der Waals surface area contributed by atoms with Gasteiger partial charge in [-0.15, -0.1) is 0 Å². The smallest absolute Gasteiger partial charge is 0.372 e. The van der Waals surface area contributed by atoms with Crippen LogP contribution >= 0.6 is 0 Å². The lowest BCUT2D eigenvalue weighted by atomic mass is 9.88. The number of benzene rings is 2. The highest BCUT2D eigenvalue weighted by Crippen LogP contribution is 2.37. The molecule has 2 aromatic carbocycles. The molecule has 0 N–H and O–H groups in total. The Morgan fingerprint density at radius 3 is 1.97 bits per heavy atom. The predicted molar refractivity (Wildman–Crippen MR) is 127 cm³/mol. The molecule has 0 saturated carbocycles. The Hall–Kier alpha value is -2.76. The maximum atomic E-state index is 13.3. The van der Waals surface area contributed by atoms with Gasteiger partial charge in [-0.2, -0.15) is 18.4 Å². The van der Waals surface area contributed by atoms with Crippen molar-refractivity contribution in [2.24, 2.45) is 5.92 Å². The van der Waals surface area contributed by atoms with Crippen LogP contribution in [0.25, 0.3) is 0 Å². The van der Waals surface area contributed by atoms with Gasteiger partial charge in [-0.05, 0) is 67.5 Å². The minimum atomic E-state index is -4.53. The number of ether oxygens (including phenoxy) is 2. The molecule has 0 atom stereocenters. The third-order valence-corrected chi connectivity index (χ3v) is 7.59. The van der Waals surface area contributed by atoms with Crippen molar-refractivity contribution < 1.29 is 22.6 Å². The summed E-state index contributed by atoms with van der Waals surface area (Å²) in [6.45, 7) is 4.77. The van der Waals surface area contributed by atoms with Crippen LogP contribution < -0.4 is 9.80 Å². The number of hydrogen-bond donors (Lipinski definition) is 0. The largest absolute Gasteiger partial charge is 0.417 e. The van der Waals surface area contributed by atoms with Gasteiger partial charge in [0.25, 0.3) is 0 Å². The Labute approximate surface area is 204 Å². The lowest BCUT2D eigenvalue weighted by Gasteiger charge is -2.36. The highest BCUT2D eigenvalue weighted by molar-refractivity contribution is 5.55. The number of piperidine rings is 2. The predicted octanol–water partition coefficient (Wildman–Crippen LogP) is 5.55. The summed E-state index contributed by atoms with van der Waals surface area (Å²) in [5.74, 6) is 0.865. The highest BCUT2D eigenvalue weighted by atomic mass is 19.4. The molecule has 0 bridgehead atoms. The number of anilines is 2. The fourth-order valence-electron chi connectivity index (χ4n) is 5.57. The van der Waals surface area contributed by atoms with Crippen LogP contribution in [0, 0.1) is 17.2 Å². The SMILES string of the molecule is N#Cc1ccc(N2CCC(c3ccc(N4CCC(C5OCCO5)CC4)cc3)CC2)cc1C(F)(F)F. The van der Waals surface area contributed by atoms with Gasteiger partial charge < -0.3 is 19.3 Å². The molecule has 0 spiro atoms. The van der Waals surface area contributed by atoms with E-state index in [1.165, 1.54) is 17.3 Å². The Morgan fingerprint density at radius 2 is 1.37 bits per heavy atom. The second-order valence-electron chi connectivity index (χ2n) is 9.63. The molecule has 0 unspecified atom stereocenters. The topological polar surface area (TPSA) is 48.7 Å². The van der Waals surface area contributed by atoms with Crippen molar-refractivity contribution >= 4 is 11.4 Å². The van der Waals surface area contributed by atoms with E-state index in [0.717, 1.165) is 44.8 Å². The first kappa shape index (κ1) is 24.0. The number of halogens is 3. The zero-order valence-electron chi connectivity index (χ0n) is 19.6. The lowest BCUT2D eigenvalue weighted by Crippen LogP contribution is -2.38. The number of alkyl halides is 3. The van der Waals surface area contributed by atoms with Crippen molar-refractivity contribution in [3.8, 4) is 6.07 Å². The average molecular weight is 486 g/mol. The summed E-state index contributed by atoms with van der Waals surface area (Å²) in [7, 11) is 0. The quantitative estimate of drug-likeness (QED) is 0.568.